The quantitative estimate of drug-likeness (QED) is 0.572. The van der Waals surface area contributed by atoms with Crippen LogP contribution in [0.15, 0.2) is 24.3 Å². The van der Waals surface area contributed by atoms with Crippen molar-refractivity contribution in [2.45, 2.75) is 70.8 Å². The van der Waals surface area contributed by atoms with Crippen LogP contribution < -0.4 is 5.73 Å². The molecule has 0 aliphatic rings. The first-order valence-electron chi connectivity index (χ1n) is 9.56. The number of nitrogens with zero attached hydrogens (tertiary/aromatic N) is 2. The number of hydrogen-bond donors (Lipinski definition) is 2. The van der Waals surface area contributed by atoms with Crippen LogP contribution in [-0.2, 0) is 11.2 Å². The summed E-state index contributed by atoms with van der Waals surface area (Å²) in [7, 11) is 0. The van der Waals surface area contributed by atoms with Gasteiger partial charge in [-0.3, -0.25) is 9.69 Å². The third-order valence-electron chi connectivity index (χ3n) is 4.64. The number of rotatable bonds is 10. The van der Waals surface area contributed by atoms with Crippen molar-refractivity contribution in [3.05, 3.63) is 35.4 Å². The van der Waals surface area contributed by atoms with Gasteiger partial charge in [0, 0.05) is 0 Å². The Morgan fingerprint density at radius 2 is 1.79 bits per heavy atom. The van der Waals surface area contributed by atoms with Crippen molar-refractivity contribution in [3.63, 3.8) is 0 Å². The van der Waals surface area contributed by atoms with Gasteiger partial charge >= 0.3 is 6.18 Å². The molecule has 5 nitrogen and oxygen atoms in total. The Bertz CT molecular complexity index is 704. The molecule has 0 unspecified atom stereocenters. The van der Waals surface area contributed by atoms with E-state index in [1.807, 2.05) is 0 Å². The minimum atomic E-state index is -4.70. The van der Waals surface area contributed by atoms with Crippen molar-refractivity contribution < 1.29 is 23.1 Å². The van der Waals surface area contributed by atoms with E-state index in [1.54, 1.807) is 45.9 Å². The first kappa shape index (κ1) is 24.9. The molecule has 162 valence electrons. The number of hydrogen-bond acceptors (Lipinski definition) is 4. The highest BCUT2D eigenvalue weighted by atomic mass is 19.4. The molecular weight excluding hydrogens is 383 g/mol. The molecule has 3 N–H and O–H groups in total. The van der Waals surface area contributed by atoms with E-state index in [1.165, 1.54) is 12.1 Å². The topological polar surface area (TPSA) is 90.4 Å². The zero-order valence-corrected chi connectivity index (χ0v) is 17.3. The van der Waals surface area contributed by atoms with Crippen molar-refractivity contribution in [3.8, 4) is 6.07 Å². The monoisotopic (exact) mass is 413 g/mol. The Hall–Kier alpha value is -2.11. The molecule has 1 rings (SSSR count). The second kappa shape index (κ2) is 10.1. The molecule has 0 aromatic heterocycles. The highest BCUT2D eigenvalue weighted by molar-refractivity contribution is 5.80. The number of carbonyl (C=O) groups excluding carboxylic acids is 1. The summed E-state index contributed by atoms with van der Waals surface area (Å²) in [5.41, 5.74) is 5.25. The van der Waals surface area contributed by atoms with Crippen molar-refractivity contribution >= 4 is 5.91 Å². The van der Waals surface area contributed by atoms with Crippen LogP contribution >= 0.6 is 0 Å². The minimum Gasteiger partial charge on any atom is -0.390 e. The molecule has 0 bridgehead atoms. The molecule has 0 aliphatic carbocycles. The molecule has 8 heteroatoms. The molecule has 29 heavy (non-hydrogen) atoms. The SMILES string of the molecule is CC(C)C[C@@H](C(N)=O)N(CC#N)[C@@H](c1ccc(CCC(C)(C)O)cc1)C(F)(F)F. The highest BCUT2D eigenvalue weighted by Crippen LogP contribution is 2.39. The fourth-order valence-electron chi connectivity index (χ4n) is 3.21. The smallest absolute Gasteiger partial charge is 0.390 e. The van der Waals surface area contributed by atoms with Gasteiger partial charge in [0.15, 0.2) is 0 Å². The van der Waals surface area contributed by atoms with Crippen LogP contribution in [0.25, 0.3) is 0 Å². The maximum Gasteiger partial charge on any atom is 0.408 e. The number of carbonyl (C=O) groups is 1. The Morgan fingerprint density at radius 1 is 1.24 bits per heavy atom. The summed E-state index contributed by atoms with van der Waals surface area (Å²) >= 11 is 0. The lowest BCUT2D eigenvalue weighted by Gasteiger charge is -2.37. The summed E-state index contributed by atoms with van der Waals surface area (Å²) in [6.45, 7) is 6.31. The number of nitrogens with two attached hydrogens (primary N) is 1. The lowest BCUT2D eigenvalue weighted by Crippen LogP contribution is -2.51. The average molecular weight is 413 g/mol. The number of primary amides is 1. The molecular formula is C21H30F3N3O2. The number of alkyl halides is 3. The van der Waals surface area contributed by atoms with Gasteiger partial charge in [0.05, 0.1) is 24.3 Å². The molecule has 0 saturated carbocycles. The van der Waals surface area contributed by atoms with Crippen molar-refractivity contribution in [2.24, 2.45) is 11.7 Å². The summed E-state index contributed by atoms with van der Waals surface area (Å²) in [4.78, 5) is 12.8. The maximum absolute atomic E-state index is 14.0. The zero-order valence-electron chi connectivity index (χ0n) is 17.3. The van der Waals surface area contributed by atoms with Gasteiger partial charge in [0.2, 0.25) is 5.91 Å². The highest BCUT2D eigenvalue weighted by Gasteiger charge is 2.47. The Labute approximate surface area is 170 Å². The minimum absolute atomic E-state index is 0.0604. The number of amides is 1. The standard InChI is InChI=1S/C21H30F3N3O2/c1-14(2)13-17(19(26)28)27(12-11-25)18(21(22,23)24)16-7-5-15(6-8-16)9-10-20(3,4)29/h5-8,14,17-18,29H,9-10,12-13H2,1-4H3,(H2,26,28)/t17-,18-/m0/s1. The predicted molar refractivity (Wildman–Crippen MR) is 105 cm³/mol. The lowest BCUT2D eigenvalue weighted by molar-refractivity contribution is -0.192. The van der Waals surface area contributed by atoms with Gasteiger partial charge in [-0.25, -0.2) is 0 Å². The molecule has 1 aromatic rings. The second-order valence-corrected chi connectivity index (χ2v) is 8.38. The summed E-state index contributed by atoms with van der Waals surface area (Å²) < 4.78 is 42.0. The van der Waals surface area contributed by atoms with E-state index < -0.39 is 36.3 Å². The average Bonchev–Trinajstić information content (AvgIpc) is 2.56. The lowest BCUT2D eigenvalue weighted by atomic mass is 9.94. The van der Waals surface area contributed by atoms with Crippen molar-refractivity contribution in [1.82, 2.24) is 4.90 Å². The van der Waals surface area contributed by atoms with Crippen LogP contribution in [0, 0.1) is 17.2 Å². The van der Waals surface area contributed by atoms with Gasteiger partial charge in [-0.1, -0.05) is 38.1 Å². The third-order valence-corrected chi connectivity index (χ3v) is 4.64. The molecule has 0 spiro atoms. The molecule has 1 amide bonds. The van der Waals surface area contributed by atoms with Gasteiger partial charge in [0.25, 0.3) is 0 Å². The Kier molecular flexibility index (Phi) is 8.66. The van der Waals surface area contributed by atoms with Crippen LogP contribution in [0.5, 0.6) is 0 Å². The third kappa shape index (κ3) is 8.03. The van der Waals surface area contributed by atoms with E-state index >= 15 is 0 Å². The van der Waals surface area contributed by atoms with Crippen molar-refractivity contribution in [1.29, 1.82) is 5.26 Å². The summed E-state index contributed by atoms with van der Waals surface area (Å²) in [6.07, 6.45) is -3.60. The number of aryl methyl sites for hydroxylation is 1. The van der Waals surface area contributed by atoms with Gasteiger partial charge in [0.1, 0.15) is 6.04 Å². The van der Waals surface area contributed by atoms with Gasteiger partial charge in [-0.2, -0.15) is 18.4 Å². The van der Waals surface area contributed by atoms with Gasteiger partial charge in [-0.05, 0) is 50.2 Å². The summed E-state index contributed by atoms with van der Waals surface area (Å²) in [5, 5.41) is 18.9. The normalized spacial score (nSPS) is 14.7. The molecule has 0 radical (unpaired) electrons. The first-order chi connectivity index (χ1) is 13.3. The molecule has 0 fully saturated rings. The summed E-state index contributed by atoms with van der Waals surface area (Å²) in [6, 6.07) is 4.27. The second-order valence-electron chi connectivity index (χ2n) is 8.38. The van der Waals surface area contributed by atoms with E-state index in [9.17, 15) is 23.1 Å². The van der Waals surface area contributed by atoms with Crippen molar-refractivity contribution in [2.75, 3.05) is 6.54 Å². The molecule has 0 heterocycles. The zero-order chi connectivity index (χ0) is 22.4. The number of nitriles is 1. The van der Waals surface area contributed by atoms with E-state index in [4.69, 9.17) is 11.0 Å². The maximum atomic E-state index is 14.0. The number of aliphatic hydroxyl groups is 1. The summed E-state index contributed by atoms with van der Waals surface area (Å²) in [5.74, 6) is -0.961. The van der Waals surface area contributed by atoms with Crippen LogP contribution in [0.4, 0.5) is 13.2 Å². The predicted octanol–water partition coefficient (Wildman–Crippen LogP) is 3.72. The van der Waals surface area contributed by atoms with Crippen LogP contribution in [0.1, 0.15) is 57.7 Å². The van der Waals surface area contributed by atoms with Crippen LogP contribution in [-0.4, -0.2) is 40.3 Å². The molecule has 0 aliphatic heterocycles. The number of benzene rings is 1. The Morgan fingerprint density at radius 3 is 2.17 bits per heavy atom. The van der Waals surface area contributed by atoms with E-state index in [0.717, 1.165) is 10.5 Å². The Balaban J connectivity index is 3.29. The fourth-order valence-corrected chi connectivity index (χ4v) is 3.21. The van der Waals surface area contributed by atoms with E-state index in [2.05, 4.69) is 0 Å². The number of halogens is 3. The van der Waals surface area contributed by atoms with Gasteiger partial charge in [-0.15, -0.1) is 0 Å². The van der Waals surface area contributed by atoms with E-state index in [0.29, 0.717) is 12.8 Å². The van der Waals surface area contributed by atoms with Crippen LogP contribution in [0.3, 0.4) is 0 Å². The van der Waals surface area contributed by atoms with Gasteiger partial charge < -0.3 is 10.8 Å². The molecule has 0 saturated heterocycles. The van der Waals surface area contributed by atoms with Crippen LogP contribution in [0.2, 0.25) is 0 Å². The fraction of sp³-hybridized carbons (Fsp3) is 0.619. The molecule has 2 atom stereocenters. The van der Waals surface area contributed by atoms with E-state index in [-0.39, 0.29) is 17.9 Å². The molecule has 1 aromatic carbocycles. The largest absolute Gasteiger partial charge is 0.408 e. The first-order valence-corrected chi connectivity index (χ1v) is 9.56.